The molecule has 26 heavy (non-hydrogen) atoms. The van der Waals surface area contributed by atoms with Crippen molar-refractivity contribution in [2.75, 3.05) is 33.2 Å². The highest BCUT2D eigenvalue weighted by Gasteiger charge is 2.35. The van der Waals surface area contributed by atoms with Crippen molar-refractivity contribution >= 4 is 0 Å². The highest BCUT2D eigenvalue weighted by Crippen LogP contribution is 2.25. The van der Waals surface area contributed by atoms with Gasteiger partial charge in [-0.15, -0.1) is 0 Å². The minimum absolute atomic E-state index is 0.651. The molecule has 2 unspecified atom stereocenters. The summed E-state index contributed by atoms with van der Waals surface area (Å²) in [5.41, 5.74) is 0. The van der Waals surface area contributed by atoms with E-state index in [0.29, 0.717) is 42.3 Å². The minimum Gasteiger partial charge on any atom is -0.303 e. The van der Waals surface area contributed by atoms with Crippen LogP contribution in [0.4, 0.5) is 0 Å². The number of nitrogens with zero attached hydrogens (tertiary/aromatic N) is 4. The Labute approximate surface area is 163 Å². The summed E-state index contributed by atoms with van der Waals surface area (Å²) >= 11 is 0. The maximum atomic E-state index is 2.77. The summed E-state index contributed by atoms with van der Waals surface area (Å²) < 4.78 is 0. The van der Waals surface area contributed by atoms with Gasteiger partial charge in [0.25, 0.3) is 0 Å². The predicted molar refractivity (Wildman–Crippen MR) is 114 cm³/mol. The summed E-state index contributed by atoms with van der Waals surface area (Å²) in [5.74, 6) is 0. The number of hydrogen-bond donors (Lipinski definition) is 0. The lowest BCUT2D eigenvalue weighted by Crippen LogP contribution is -2.61. The third-order valence-electron chi connectivity index (χ3n) is 7.27. The first-order valence-corrected chi connectivity index (χ1v) is 11.1. The van der Waals surface area contributed by atoms with Crippen molar-refractivity contribution in [3.05, 3.63) is 0 Å². The SMILES string of the molecule is CC(CCC(C)N1[C@H](C)CN(C)C[C@@H]1C)N1CCN(C(C)C)[C@@H](C)[C@H]1C. The molecule has 0 bridgehead atoms. The summed E-state index contributed by atoms with van der Waals surface area (Å²) in [6.45, 7) is 24.1. The smallest absolute Gasteiger partial charge is 0.0224 e. The second-order valence-electron chi connectivity index (χ2n) is 9.69. The fraction of sp³-hybridized carbons (Fsp3) is 1.00. The Morgan fingerprint density at radius 1 is 0.731 bits per heavy atom. The van der Waals surface area contributed by atoms with Crippen molar-refractivity contribution in [1.82, 2.24) is 19.6 Å². The van der Waals surface area contributed by atoms with Gasteiger partial charge in [-0.3, -0.25) is 14.7 Å². The van der Waals surface area contributed by atoms with Crippen LogP contribution in [0.25, 0.3) is 0 Å². The summed E-state index contributed by atoms with van der Waals surface area (Å²) in [5, 5.41) is 0. The molecule has 6 atom stereocenters. The lowest BCUT2D eigenvalue weighted by Gasteiger charge is -2.49. The molecule has 0 radical (unpaired) electrons. The third-order valence-corrected chi connectivity index (χ3v) is 7.27. The summed E-state index contributed by atoms with van der Waals surface area (Å²) in [6, 6.07) is 4.66. The van der Waals surface area contributed by atoms with Crippen LogP contribution < -0.4 is 0 Å². The lowest BCUT2D eigenvalue weighted by molar-refractivity contribution is -0.0113. The molecular formula is C22H46N4. The molecule has 0 aromatic heterocycles. The molecular weight excluding hydrogens is 320 g/mol. The first-order valence-electron chi connectivity index (χ1n) is 11.1. The highest BCUT2D eigenvalue weighted by molar-refractivity contribution is 4.91. The van der Waals surface area contributed by atoms with Crippen molar-refractivity contribution < 1.29 is 0 Å². The van der Waals surface area contributed by atoms with E-state index in [1.165, 1.54) is 39.0 Å². The second-order valence-corrected chi connectivity index (χ2v) is 9.69. The van der Waals surface area contributed by atoms with E-state index in [0.717, 1.165) is 0 Å². The van der Waals surface area contributed by atoms with E-state index in [1.807, 2.05) is 0 Å². The highest BCUT2D eigenvalue weighted by atomic mass is 15.3. The van der Waals surface area contributed by atoms with Crippen LogP contribution in [0, 0.1) is 0 Å². The Balaban J connectivity index is 1.87. The van der Waals surface area contributed by atoms with Crippen LogP contribution in [-0.2, 0) is 0 Å². The normalized spacial score (nSPS) is 35.8. The maximum Gasteiger partial charge on any atom is 0.0224 e. The Morgan fingerprint density at radius 3 is 1.73 bits per heavy atom. The molecule has 2 aliphatic rings. The van der Waals surface area contributed by atoms with Crippen LogP contribution in [0.2, 0.25) is 0 Å². The molecule has 0 saturated carbocycles. The van der Waals surface area contributed by atoms with Crippen molar-refractivity contribution in [3.8, 4) is 0 Å². The summed E-state index contributed by atoms with van der Waals surface area (Å²) in [4.78, 5) is 10.7. The van der Waals surface area contributed by atoms with E-state index in [9.17, 15) is 0 Å². The van der Waals surface area contributed by atoms with Gasteiger partial charge in [0.15, 0.2) is 0 Å². The van der Waals surface area contributed by atoms with E-state index < -0.39 is 0 Å². The van der Waals surface area contributed by atoms with Gasteiger partial charge in [-0.1, -0.05) is 0 Å². The predicted octanol–water partition coefficient (Wildman–Crippen LogP) is 3.37. The van der Waals surface area contributed by atoms with E-state index in [1.54, 1.807) is 0 Å². The molecule has 0 spiro atoms. The van der Waals surface area contributed by atoms with Gasteiger partial charge < -0.3 is 4.90 Å². The number of piperazine rings is 2. The van der Waals surface area contributed by atoms with Gasteiger partial charge >= 0.3 is 0 Å². The quantitative estimate of drug-likeness (QED) is 0.714. The monoisotopic (exact) mass is 366 g/mol. The standard InChI is InChI=1S/C22H46N4/c1-16(2)24-12-13-25(22(8)21(24)7)17(3)10-11-18(4)26-19(5)14-23(9)15-20(26)6/h16-22H,10-15H2,1-9H3/t17?,18?,19-,20+,21-,22+/m0/s1. The average molecular weight is 367 g/mol. The first-order chi connectivity index (χ1) is 12.1. The Morgan fingerprint density at radius 2 is 1.19 bits per heavy atom. The van der Waals surface area contributed by atoms with Crippen molar-refractivity contribution in [1.29, 1.82) is 0 Å². The van der Waals surface area contributed by atoms with Crippen LogP contribution in [0.15, 0.2) is 0 Å². The van der Waals surface area contributed by atoms with Gasteiger partial charge in [0, 0.05) is 68.5 Å². The molecule has 154 valence electrons. The maximum absolute atomic E-state index is 2.77. The minimum atomic E-state index is 0.651. The Kier molecular flexibility index (Phi) is 7.97. The van der Waals surface area contributed by atoms with Gasteiger partial charge in [-0.25, -0.2) is 0 Å². The topological polar surface area (TPSA) is 13.0 Å². The zero-order valence-corrected chi connectivity index (χ0v) is 19.1. The zero-order chi connectivity index (χ0) is 19.6. The second kappa shape index (κ2) is 9.36. The first kappa shape index (κ1) is 22.1. The van der Waals surface area contributed by atoms with Crippen LogP contribution in [0.5, 0.6) is 0 Å². The molecule has 2 saturated heterocycles. The van der Waals surface area contributed by atoms with Crippen LogP contribution in [0.1, 0.15) is 68.2 Å². The average Bonchev–Trinajstić information content (AvgIpc) is 2.53. The van der Waals surface area contributed by atoms with Gasteiger partial charge in [0.1, 0.15) is 0 Å². The Bertz CT molecular complexity index is 414. The summed E-state index contributed by atoms with van der Waals surface area (Å²) in [7, 11) is 2.26. The zero-order valence-electron chi connectivity index (χ0n) is 19.1. The lowest BCUT2D eigenvalue weighted by atomic mass is 9.97. The van der Waals surface area contributed by atoms with Crippen LogP contribution in [0.3, 0.4) is 0 Å². The molecule has 2 fully saturated rings. The fourth-order valence-electron chi connectivity index (χ4n) is 5.81. The van der Waals surface area contributed by atoms with Crippen molar-refractivity contribution in [2.24, 2.45) is 0 Å². The number of hydrogen-bond acceptors (Lipinski definition) is 4. The van der Waals surface area contributed by atoms with E-state index in [-0.39, 0.29) is 0 Å². The molecule has 4 heteroatoms. The van der Waals surface area contributed by atoms with E-state index in [2.05, 4.69) is 82.0 Å². The molecule has 0 N–H and O–H groups in total. The molecule has 4 nitrogen and oxygen atoms in total. The summed E-state index contributed by atoms with van der Waals surface area (Å²) in [6.07, 6.45) is 2.62. The van der Waals surface area contributed by atoms with Crippen molar-refractivity contribution in [3.63, 3.8) is 0 Å². The number of likely N-dealkylation sites (N-methyl/N-ethyl adjacent to an activating group) is 1. The van der Waals surface area contributed by atoms with Gasteiger partial charge in [-0.2, -0.15) is 0 Å². The largest absolute Gasteiger partial charge is 0.303 e. The van der Waals surface area contributed by atoms with E-state index in [4.69, 9.17) is 0 Å². The van der Waals surface area contributed by atoms with Crippen LogP contribution in [-0.4, -0.2) is 95.1 Å². The van der Waals surface area contributed by atoms with Crippen molar-refractivity contribution in [2.45, 2.75) is 111 Å². The third kappa shape index (κ3) is 5.01. The van der Waals surface area contributed by atoms with E-state index >= 15 is 0 Å². The molecule has 0 amide bonds. The molecule has 0 aromatic rings. The van der Waals surface area contributed by atoms with Gasteiger partial charge in [0.2, 0.25) is 0 Å². The molecule has 0 aliphatic carbocycles. The Hall–Kier alpha value is -0.160. The molecule has 2 heterocycles. The van der Waals surface area contributed by atoms with Gasteiger partial charge in [0.05, 0.1) is 0 Å². The fourth-order valence-corrected chi connectivity index (χ4v) is 5.81. The number of rotatable bonds is 6. The molecule has 0 aromatic carbocycles. The van der Waals surface area contributed by atoms with Crippen LogP contribution >= 0.6 is 0 Å². The molecule has 2 rings (SSSR count). The molecule has 2 aliphatic heterocycles. The van der Waals surface area contributed by atoms with Gasteiger partial charge in [-0.05, 0) is 75.3 Å².